The molecule has 1 heterocycles. The minimum absolute atomic E-state index is 0.0273. The number of carbonyl (C=O) groups excluding carboxylic acids is 1. The Morgan fingerprint density at radius 1 is 1.10 bits per heavy atom. The molecule has 2 aromatic carbocycles. The van der Waals surface area contributed by atoms with Crippen molar-refractivity contribution in [3.8, 4) is 23.3 Å². The van der Waals surface area contributed by atoms with Gasteiger partial charge in [0.15, 0.2) is 11.5 Å². The first-order chi connectivity index (χ1) is 15.1. The minimum atomic E-state index is -0.488. The Bertz CT molecular complexity index is 1080. The number of nitrogens with one attached hydrogen (secondary N) is 1. The molecule has 0 aliphatic rings. The van der Waals surface area contributed by atoms with E-state index >= 15 is 0 Å². The van der Waals surface area contributed by atoms with E-state index in [1.165, 1.54) is 19.4 Å². The lowest BCUT2D eigenvalue weighted by Gasteiger charge is -2.12. The third-order valence-electron chi connectivity index (χ3n) is 4.42. The van der Waals surface area contributed by atoms with Crippen LogP contribution in [0.1, 0.15) is 16.9 Å². The Morgan fingerprint density at radius 3 is 2.55 bits per heavy atom. The van der Waals surface area contributed by atoms with E-state index in [2.05, 4.69) is 5.32 Å². The summed E-state index contributed by atoms with van der Waals surface area (Å²) in [7, 11) is 3.15. The molecule has 0 fully saturated rings. The molecule has 0 aliphatic carbocycles. The standard InChI is InChI=1S/C24H22N2O5/c1-28-20-8-5-17(6-9-20)16-31-22-10-7-18(13-23(22)29-2)12-19(14-25)24(27)26-15-21-4-3-11-30-21/h3-13H,15-16H2,1-2H3,(H,26,27)/b19-12+. The first kappa shape index (κ1) is 21.5. The first-order valence-corrected chi connectivity index (χ1v) is 9.49. The number of carbonyl (C=O) groups is 1. The van der Waals surface area contributed by atoms with Crippen molar-refractivity contribution < 1.29 is 23.4 Å². The second kappa shape index (κ2) is 10.6. The highest BCUT2D eigenvalue weighted by atomic mass is 16.5. The van der Waals surface area contributed by atoms with Crippen molar-refractivity contribution in [2.45, 2.75) is 13.2 Å². The number of hydrogen-bond acceptors (Lipinski definition) is 6. The number of rotatable bonds is 9. The molecule has 0 aliphatic heterocycles. The summed E-state index contributed by atoms with van der Waals surface area (Å²) in [4.78, 5) is 12.3. The zero-order chi connectivity index (χ0) is 22.1. The predicted molar refractivity (Wildman–Crippen MR) is 114 cm³/mol. The molecule has 0 bridgehead atoms. The van der Waals surface area contributed by atoms with Gasteiger partial charge in [-0.3, -0.25) is 4.79 Å². The van der Waals surface area contributed by atoms with Crippen molar-refractivity contribution in [2.24, 2.45) is 0 Å². The molecule has 1 N–H and O–H groups in total. The molecule has 31 heavy (non-hydrogen) atoms. The minimum Gasteiger partial charge on any atom is -0.497 e. The Hall–Kier alpha value is -4.18. The van der Waals surface area contributed by atoms with Crippen LogP contribution < -0.4 is 19.5 Å². The van der Waals surface area contributed by atoms with Crippen molar-refractivity contribution in [1.82, 2.24) is 5.32 Å². The highest BCUT2D eigenvalue weighted by Gasteiger charge is 2.11. The molecule has 0 spiro atoms. The van der Waals surface area contributed by atoms with Crippen LogP contribution in [-0.2, 0) is 17.9 Å². The van der Waals surface area contributed by atoms with Gasteiger partial charge in [0.1, 0.15) is 29.8 Å². The van der Waals surface area contributed by atoms with Gasteiger partial charge in [-0.25, -0.2) is 0 Å². The van der Waals surface area contributed by atoms with Crippen LogP contribution in [0, 0.1) is 11.3 Å². The smallest absolute Gasteiger partial charge is 0.262 e. The number of nitrogens with zero attached hydrogens (tertiary/aromatic N) is 1. The van der Waals surface area contributed by atoms with Gasteiger partial charge in [0.05, 0.1) is 27.0 Å². The number of ether oxygens (including phenoxy) is 3. The van der Waals surface area contributed by atoms with E-state index in [0.717, 1.165) is 11.3 Å². The van der Waals surface area contributed by atoms with Crippen molar-refractivity contribution in [1.29, 1.82) is 5.26 Å². The maximum Gasteiger partial charge on any atom is 0.262 e. The molecule has 0 saturated heterocycles. The average Bonchev–Trinajstić information content (AvgIpc) is 3.34. The largest absolute Gasteiger partial charge is 0.497 e. The molecule has 7 heteroatoms. The van der Waals surface area contributed by atoms with E-state index in [0.29, 0.717) is 29.4 Å². The molecular formula is C24H22N2O5. The van der Waals surface area contributed by atoms with E-state index in [4.69, 9.17) is 18.6 Å². The summed E-state index contributed by atoms with van der Waals surface area (Å²) >= 11 is 0. The van der Waals surface area contributed by atoms with E-state index in [1.807, 2.05) is 30.3 Å². The number of furan rings is 1. The second-order valence-corrected chi connectivity index (χ2v) is 6.48. The highest BCUT2D eigenvalue weighted by molar-refractivity contribution is 6.01. The SMILES string of the molecule is COc1ccc(COc2ccc(/C=C(\C#N)C(=O)NCc3ccco3)cc2OC)cc1. The number of amides is 1. The third-order valence-corrected chi connectivity index (χ3v) is 4.42. The van der Waals surface area contributed by atoms with Gasteiger partial charge in [-0.15, -0.1) is 0 Å². The molecule has 0 saturated carbocycles. The van der Waals surface area contributed by atoms with E-state index in [9.17, 15) is 10.1 Å². The summed E-state index contributed by atoms with van der Waals surface area (Å²) in [6.07, 6.45) is 3.01. The van der Waals surface area contributed by atoms with Crippen LogP contribution in [0.5, 0.6) is 17.2 Å². The molecule has 3 aromatic rings. The summed E-state index contributed by atoms with van der Waals surface area (Å²) in [6.45, 7) is 0.556. The van der Waals surface area contributed by atoms with Gasteiger partial charge >= 0.3 is 0 Å². The van der Waals surface area contributed by atoms with E-state index in [-0.39, 0.29) is 12.1 Å². The summed E-state index contributed by atoms with van der Waals surface area (Å²) in [6, 6.07) is 18.2. The quantitative estimate of drug-likeness (QED) is 0.415. The second-order valence-electron chi connectivity index (χ2n) is 6.48. The zero-order valence-corrected chi connectivity index (χ0v) is 17.3. The van der Waals surface area contributed by atoms with Crippen molar-refractivity contribution in [2.75, 3.05) is 14.2 Å². The summed E-state index contributed by atoms with van der Waals surface area (Å²) in [5.74, 6) is 1.94. The number of hydrogen-bond donors (Lipinski definition) is 1. The molecular weight excluding hydrogens is 396 g/mol. The summed E-state index contributed by atoms with van der Waals surface area (Å²) < 4.78 is 21.6. The third kappa shape index (κ3) is 5.90. The van der Waals surface area contributed by atoms with Gasteiger partial charge in [0.25, 0.3) is 5.91 Å². The topological polar surface area (TPSA) is 93.7 Å². The van der Waals surface area contributed by atoms with Gasteiger partial charge in [-0.05, 0) is 53.6 Å². The van der Waals surface area contributed by atoms with Gasteiger partial charge in [0.2, 0.25) is 0 Å². The Kier molecular flexibility index (Phi) is 7.33. The van der Waals surface area contributed by atoms with Gasteiger partial charge < -0.3 is 23.9 Å². The normalized spacial score (nSPS) is 10.8. The predicted octanol–water partition coefficient (Wildman–Crippen LogP) is 4.10. The Morgan fingerprint density at radius 2 is 1.90 bits per heavy atom. The van der Waals surface area contributed by atoms with Crippen molar-refractivity contribution >= 4 is 12.0 Å². The number of nitriles is 1. The Labute approximate surface area is 180 Å². The molecule has 158 valence electrons. The lowest BCUT2D eigenvalue weighted by molar-refractivity contribution is -0.117. The molecule has 0 atom stereocenters. The van der Waals surface area contributed by atoms with E-state index < -0.39 is 5.91 Å². The lowest BCUT2D eigenvalue weighted by Crippen LogP contribution is -2.23. The highest BCUT2D eigenvalue weighted by Crippen LogP contribution is 2.30. The van der Waals surface area contributed by atoms with Crippen LogP contribution in [0.4, 0.5) is 0 Å². The molecule has 3 rings (SSSR count). The molecule has 0 unspecified atom stereocenters. The molecule has 1 amide bonds. The van der Waals surface area contributed by atoms with Crippen LogP contribution in [0.15, 0.2) is 70.9 Å². The number of methoxy groups -OCH3 is 2. The maximum absolute atomic E-state index is 12.3. The first-order valence-electron chi connectivity index (χ1n) is 9.49. The monoisotopic (exact) mass is 418 g/mol. The van der Waals surface area contributed by atoms with Gasteiger partial charge in [-0.2, -0.15) is 5.26 Å². The fourth-order valence-corrected chi connectivity index (χ4v) is 2.77. The van der Waals surface area contributed by atoms with Crippen LogP contribution in [0.3, 0.4) is 0 Å². The lowest BCUT2D eigenvalue weighted by atomic mass is 10.1. The fraction of sp³-hybridized carbons (Fsp3) is 0.167. The molecule has 0 radical (unpaired) electrons. The summed E-state index contributed by atoms with van der Waals surface area (Å²) in [5, 5.41) is 12.0. The average molecular weight is 418 g/mol. The zero-order valence-electron chi connectivity index (χ0n) is 17.3. The maximum atomic E-state index is 12.3. The fourth-order valence-electron chi connectivity index (χ4n) is 2.77. The summed E-state index contributed by atoms with van der Waals surface area (Å²) in [5.41, 5.74) is 1.59. The van der Waals surface area contributed by atoms with Crippen LogP contribution >= 0.6 is 0 Å². The van der Waals surface area contributed by atoms with Crippen molar-refractivity contribution in [3.05, 3.63) is 83.3 Å². The molecule has 1 aromatic heterocycles. The molecule has 7 nitrogen and oxygen atoms in total. The van der Waals surface area contributed by atoms with E-state index in [1.54, 1.807) is 37.4 Å². The van der Waals surface area contributed by atoms with Crippen LogP contribution in [0.2, 0.25) is 0 Å². The van der Waals surface area contributed by atoms with Gasteiger partial charge in [0, 0.05) is 0 Å². The number of benzene rings is 2. The van der Waals surface area contributed by atoms with Crippen molar-refractivity contribution in [3.63, 3.8) is 0 Å². The van der Waals surface area contributed by atoms with Crippen LogP contribution in [0.25, 0.3) is 6.08 Å². The van der Waals surface area contributed by atoms with Crippen LogP contribution in [-0.4, -0.2) is 20.1 Å². The van der Waals surface area contributed by atoms with Gasteiger partial charge in [-0.1, -0.05) is 18.2 Å². The Balaban J connectivity index is 1.68.